The number of rotatable bonds is 2. The summed E-state index contributed by atoms with van der Waals surface area (Å²) in [5.41, 5.74) is 2.64. The van der Waals surface area contributed by atoms with E-state index in [1.54, 1.807) is 0 Å². The first-order valence-corrected chi connectivity index (χ1v) is 8.73. The van der Waals surface area contributed by atoms with Gasteiger partial charge in [-0.05, 0) is 42.3 Å². The first kappa shape index (κ1) is 21.7. The molecule has 2 unspecified atom stereocenters. The zero-order valence-electron chi connectivity index (χ0n) is 15.8. The fourth-order valence-electron chi connectivity index (χ4n) is 3.50. The Kier molecular flexibility index (Phi) is 5.08. The molecule has 0 aliphatic carbocycles. The Bertz CT molecular complexity index is 997. The van der Waals surface area contributed by atoms with Crippen LogP contribution in [0.2, 0.25) is 0 Å². The zero-order valence-corrected chi connectivity index (χ0v) is 15.8. The molecular weight excluding hydrogens is 412 g/mol. The smallest absolute Gasteiger partial charge is 0.369 e. The van der Waals surface area contributed by atoms with Crippen LogP contribution in [0, 0.1) is 0 Å². The van der Waals surface area contributed by atoms with E-state index in [1.165, 1.54) is 26.1 Å². The number of aliphatic imine (C=N–C) groups is 1. The van der Waals surface area contributed by atoms with E-state index in [1.807, 2.05) is 0 Å². The Morgan fingerprint density at radius 1 is 0.967 bits per heavy atom. The number of nitrogens with zero attached hydrogens (tertiary/aromatic N) is 2. The van der Waals surface area contributed by atoms with Gasteiger partial charge in [0, 0.05) is 7.05 Å². The van der Waals surface area contributed by atoms with Gasteiger partial charge in [-0.15, -0.1) is 0 Å². The lowest BCUT2D eigenvalue weighted by atomic mass is 9.74. The van der Waals surface area contributed by atoms with Crippen LogP contribution in [0.5, 0.6) is 0 Å². The number of hydrogen-bond donors (Lipinski definition) is 1. The SMILES string of the molecule is CN1C(=O)C(c2ccc(C(F)(F)F)cc2)C(C)(c2cccc(C(F)(F)F)c2)N=C1N. The molecule has 2 aromatic carbocycles. The Balaban J connectivity index is 2.18. The van der Waals surface area contributed by atoms with Gasteiger partial charge in [-0.2, -0.15) is 26.3 Å². The van der Waals surface area contributed by atoms with E-state index in [0.717, 1.165) is 41.3 Å². The van der Waals surface area contributed by atoms with E-state index < -0.39 is 40.8 Å². The number of amides is 1. The molecule has 0 fully saturated rings. The summed E-state index contributed by atoms with van der Waals surface area (Å²) in [5, 5.41) is 0. The van der Waals surface area contributed by atoms with Gasteiger partial charge in [0.05, 0.1) is 17.0 Å². The van der Waals surface area contributed by atoms with Crippen LogP contribution in [0.15, 0.2) is 53.5 Å². The van der Waals surface area contributed by atoms with E-state index in [-0.39, 0.29) is 17.1 Å². The number of hydrogen-bond acceptors (Lipinski definition) is 3. The van der Waals surface area contributed by atoms with Crippen molar-refractivity contribution in [2.24, 2.45) is 10.7 Å². The fourth-order valence-corrected chi connectivity index (χ4v) is 3.50. The molecule has 0 radical (unpaired) electrons. The van der Waals surface area contributed by atoms with E-state index in [2.05, 4.69) is 4.99 Å². The van der Waals surface area contributed by atoms with Gasteiger partial charge < -0.3 is 5.73 Å². The van der Waals surface area contributed by atoms with Crippen LogP contribution >= 0.6 is 0 Å². The summed E-state index contributed by atoms with van der Waals surface area (Å²) in [6.45, 7) is 1.43. The molecule has 0 aromatic heterocycles. The van der Waals surface area contributed by atoms with Crippen LogP contribution in [0.1, 0.15) is 35.1 Å². The minimum absolute atomic E-state index is 0.0617. The van der Waals surface area contributed by atoms with Crippen LogP contribution in [0.25, 0.3) is 0 Å². The summed E-state index contributed by atoms with van der Waals surface area (Å²) < 4.78 is 78.3. The van der Waals surface area contributed by atoms with Gasteiger partial charge in [-0.3, -0.25) is 9.69 Å². The number of benzene rings is 2. The average Bonchev–Trinajstić information content (AvgIpc) is 2.65. The average molecular weight is 429 g/mol. The summed E-state index contributed by atoms with van der Waals surface area (Å²) in [7, 11) is 1.34. The minimum atomic E-state index is -4.62. The third kappa shape index (κ3) is 3.73. The fraction of sp³-hybridized carbons (Fsp3) is 0.300. The molecule has 30 heavy (non-hydrogen) atoms. The maximum absolute atomic E-state index is 13.2. The monoisotopic (exact) mass is 429 g/mol. The van der Waals surface area contributed by atoms with Gasteiger partial charge in [0.2, 0.25) is 5.91 Å². The van der Waals surface area contributed by atoms with Crippen LogP contribution < -0.4 is 5.73 Å². The molecule has 1 amide bonds. The first-order valence-electron chi connectivity index (χ1n) is 8.73. The predicted molar refractivity (Wildman–Crippen MR) is 97.4 cm³/mol. The number of carbonyl (C=O) groups excluding carboxylic acids is 1. The third-order valence-electron chi connectivity index (χ3n) is 5.18. The summed E-state index contributed by atoms with van der Waals surface area (Å²) in [5.74, 6) is -1.98. The van der Waals surface area contributed by atoms with Gasteiger partial charge in [-0.25, -0.2) is 4.99 Å². The summed E-state index contributed by atoms with van der Waals surface area (Å²) in [6.07, 6.45) is -9.19. The molecule has 1 heterocycles. The van der Waals surface area contributed by atoms with Gasteiger partial charge in [0.15, 0.2) is 5.96 Å². The van der Waals surface area contributed by atoms with E-state index in [4.69, 9.17) is 5.73 Å². The number of alkyl halides is 6. The molecule has 10 heteroatoms. The number of likely N-dealkylation sites (N-methyl/N-ethyl adjacent to an activating group) is 1. The number of halogens is 6. The molecule has 0 saturated carbocycles. The van der Waals surface area contributed by atoms with E-state index >= 15 is 0 Å². The molecule has 1 aliphatic rings. The molecule has 4 nitrogen and oxygen atoms in total. The second-order valence-corrected chi connectivity index (χ2v) is 7.15. The van der Waals surface area contributed by atoms with Crippen LogP contribution in [0.3, 0.4) is 0 Å². The van der Waals surface area contributed by atoms with Crippen molar-refractivity contribution in [1.82, 2.24) is 4.90 Å². The molecule has 0 bridgehead atoms. The normalized spacial score (nSPS) is 22.8. The molecule has 3 rings (SSSR count). The van der Waals surface area contributed by atoms with Gasteiger partial charge in [0.1, 0.15) is 5.54 Å². The highest BCUT2D eigenvalue weighted by Gasteiger charge is 2.48. The van der Waals surface area contributed by atoms with Gasteiger partial charge in [-0.1, -0.05) is 24.3 Å². The standard InChI is InChI=1S/C20H17F6N3O/c1-18(13-4-3-5-14(10-13)20(24,25)26)15(16(30)29(2)17(27)28-18)11-6-8-12(9-7-11)19(21,22)23/h3-10,15H,1-2H3,(H2,27,28). The molecule has 2 N–H and O–H groups in total. The highest BCUT2D eigenvalue weighted by Crippen LogP contribution is 2.45. The van der Waals surface area contributed by atoms with E-state index in [9.17, 15) is 31.1 Å². The molecule has 2 atom stereocenters. The van der Waals surface area contributed by atoms with Crippen LogP contribution in [-0.4, -0.2) is 23.8 Å². The molecule has 0 saturated heterocycles. The lowest BCUT2D eigenvalue weighted by molar-refractivity contribution is -0.138. The third-order valence-corrected chi connectivity index (χ3v) is 5.18. The predicted octanol–water partition coefficient (Wildman–Crippen LogP) is 4.51. The lowest BCUT2D eigenvalue weighted by Gasteiger charge is -2.41. The van der Waals surface area contributed by atoms with E-state index in [0.29, 0.717) is 0 Å². The second-order valence-electron chi connectivity index (χ2n) is 7.15. The lowest BCUT2D eigenvalue weighted by Crippen LogP contribution is -2.52. The molecular formula is C20H17F6N3O. The van der Waals surface area contributed by atoms with Crippen molar-refractivity contribution in [3.63, 3.8) is 0 Å². The van der Waals surface area contributed by atoms with Crippen molar-refractivity contribution >= 4 is 11.9 Å². The summed E-state index contributed by atoms with van der Waals surface area (Å²) in [4.78, 5) is 18.3. The van der Waals surface area contributed by atoms with Crippen molar-refractivity contribution in [2.75, 3.05) is 7.05 Å². The number of guanidine groups is 1. The quantitative estimate of drug-likeness (QED) is 0.715. The molecule has 1 aliphatic heterocycles. The maximum Gasteiger partial charge on any atom is 0.416 e. The minimum Gasteiger partial charge on any atom is -0.369 e. The van der Waals surface area contributed by atoms with Crippen LogP contribution in [-0.2, 0) is 22.7 Å². The van der Waals surface area contributed by atoms with Crippen molar-refractivity contribution in [1.29, 1.82) is 0 Å². The van der Waals surface area contributed by atoms with Gasteiger partial charge >= 0.3 is 12.4 Å². The molecule has 0 spiro atoms. The zero-order chi connectivity index (χ0) is 22.5. The number of carbonyl (C=O) groups is 1. The highest BCUT2D eigenvalue weighted by atomic mass is 19.4. The largest absolute Gasteiger partial charge is 0.416 e. The Morgan fingerprint density at radius 3 is 2.07 bits per heavy atom. The van der Waals surface area contributed by atoms with Crippen molar-refractivity contribution in [2.45, 2.75) is 30.7 Å². The van der Waals surface area contributed by atoms with Crippen molar-refractivity contribution in [3.8, 4) is 0 Å². The maximum atomic E-state index is 13.2. The molecule has 2 aromatic rings. The van der Waals surface area contributed by atoms with Gasteiger partial charge in [0.25, 0.3) is 0 Å². The van der Waals surface area contributed by atoms with Crippen LogP contribution in [0.4, 0.5) is 26.3 Å². The van der Waals surface area contributed by atoms with Crippen molar-refractivity contribution in [3.05, 3.63) is 70.8 Å². The Hall–Kier alpha value is -3.04. The second kappa shape index (κ2) is 7.03. The highest BCUT2D eigenvalue weighted by molar-refractivity contribution is 6.02. The van der Waals surface area contributed by atoms with Crippen molar-refractivity contribution < 1.29 is 31.1 Å². The Morgan fingerprint density at radius 2 is 1.53 bits per heavy atom. The summed E-state index contributed by atoms with van der Waals surface area (Å²) >= 11 is 0. The molecule has 160 valence electrons. The first-order chi connectivity index (χ1) is 13.7. The topological polar surface area (TPSA) is 58.7 Å². The Labute approximate surface area is 168 Å². The summed E-state index contributed by atoms with van der Waals surface area (Å²) in [6, 6.07) is 8.19. The number of nitrogens with two attached hydrogens (primary N) is 1.